The summed E-state index contributed by atoms with van der Waals surface area (Å²) in [5.74, 6) is -0.915. The van der Waals surface area contributed by atoms with Crippen LogP contribution in [-0.2, 0) is 24.1 Å². The van der Waals surface area contributed by atoms with Crippen LogP contribution in [0.25, 0.3) is 0 Å². The van der Waals surface area contributed by atoms with E-state index in [1.807, 2.05) is 18.2 Å². The first-order valence-corrected chi connectivity index (χ1v) is 12.5. The molecule has 3 aliphatic rings. The second-order valence-electron chi connectivity index (χ2n) is 10.0. The Hall–Kier alpha value is -3.00. The number of morpholine rings is 1. The number of halogens is 2. The van der Waals surface area contributed by atoms with E-state index in [9.17, 15) is 13.9 Å². The van der Waals surface area contributed by atoms with Gasteiger partial charge in [-0.1, -0.05) is 30.3 Å². The molecule has 1 fully saturated rings. The zero-order valence-corrected chi connectivity index (χ0v) is 19.9. The quantitative estimate of drug-likeness (QED) is 0.574. The first kappa shape index (κ1) is 23.4. The highest BCUT2D eigenvalue weighted by atomic mass is 19.1. The second kappa shape index (κ2) is 9.47. The van der Waals surface area contributed by atoms with Gasteiger partial charge in [0.05, 0.1) is 6.54 Å². The maximum atomic E-state index is 13.7. The van der Waals surface area contributed by atoms with Crippen LogP contribution in [0.15, 0.2) is 66.7 Å². The summed E-state index contributed by atoms with van der Waals surface area (Å²) in [7, 11) is 0. The Kier molecular flexibility index (Phi) is 6.15. The van der Waals surface area contributed by atoms with E-state index in [2.05, 4.69) is 17.0 Å². The van der Waals surface area contributed by atoms with Crippen molar-refractivity contribution in [3.05, 3.63) is 95.1 Å². The summed E-state index contributed by atoms with van der Waals surface area (Å²) in [4.78, 5) is 2.18. The number of β-amino-alcohol motifs (C(OH)–C–C–N with tert-alkyl or cyclic N) is 1. The average Bonchev–Trinajstić information content (AvgIpc) is 2.88. The normalized spacial score (nSPS) is 27.9. The van der Waals surface area contributed by atoms with Gasteiger partial charge >= 0.3 is 0 Å². The minimum absolute atomic E-state index is 0.272. The van der Waals surface area contributed by atoms with Gasteiger partial charge in [-0.25, -0.2) is 8.78 Å². The van der Waals surface area contributed by atoms with Crippen molar-refractivity contribution in [1.82, 2.24) is 4.90 Å². The highest BCUT2D eigenvalue weighted by molar-refractivity contribution is 5.37. The predicted octanol–water partition coefficient (Wildman–Crippen LogP) is 4.64. The minimum atomic E-state index is -1.57. The van der Waals surface area contributed by atoms with E-state index in [1.165, 1.54) is 24.3 Å². The zero-order valence-electron chi connectivity index (χ0n) is 19.9. The van der Waals surface area contributed by atoms with Gasteiger partial charge < -0.3 is 19.3 Å². The molecule has 188 valence electrons. The van der Waals surface area contributed by atoms with E-state index in [4.69, 9.17) is 14.2 Å². The van der Waals surface area contributed by atoms with Crippen LogP contribution in [-0.4, -0.2) is 47.2 Å². The Bertz CT molecular complexity index is 1240. The monoisotopic (exact) mass is 493 g/mol. The molecular formula is C29H29F2NO4. The molecule has 3 aromatic rings. The molecule has 3 aliphatic heterocycles. The number of hydrogen-bond donors (Lipinski definition) is 1. The Morgan fingerprint density at radius 3 is 2.22 bits per heavy atom. The number of ether oxygens (including phenoxy) is 3. The molecule has 0 radical (unpaired) electrons. The maximum absolute atomic E-state index is 13.7. The van der Waals surface area contributed by atoms with E-state index in [1.54, 1.807) is 12.1 Å². The van der Waals surface area contributed by atoms with Crippen molar-refractivity contribution in [2.75, 3.05) is 13.1 Å². The third kappa shape index (κ3) is 4.71. The number of hydrogen-bond acceptors (Lipinski definition) is 5. The lowest BCUT2D eigenvalue weighted by Crippen LogP contribution is -2.65. The molecule has 1 N–H and O–H groups in total. The molecular weight excluding hydrogens is 464 g/mol. The molecule has 3 aromatic carbocycles. The lowest BCUT2D eigenvalue weighted by Gasteiger charge is -2.49. The van der Waals surface area contributed by atoms with E-state index in [-0.39, 0.29) is 24.3 Å². The Labute approximate surface area is 209 Å². The summed E-state index contributed by atoms with van der Waals surface area (Å²) in [6.07, 6.45) is 1.11. The molecule has 0 saturated carbocycles. The zero-order chi connectivity index (χ0) is 24.7. The van der Waals surface area contributed by atoms with Gasteiger partial charge in [-0.3, -0.25) is 4.90 Å². The van der Waals surface area contributed by atoms with Crippen LogP contribution in [0.2, 0.25) is 0 Å². The second-order valence-corrected chi connectivity index (χ2v) is 10.0. The SMILES string of the molecule is OC1([C@@H]2CCc3cc(F)ccc3O2)CN(Cc2ccccc2)CC(C2CCc3cc(F)ccc3O2)O1. The Morgan fingerprint density at radius 2 is 1.50 bits per heavy atom. The first-order valence-electron chi connectivity index (χ1n) is 12.5. The van der Waals surface area contributed by atoms with Gasteiger partial charge in [-0.15, -0.1) is 0 Å². The number of benzene rings is 3. The van der Waals surface area contributed by atoms with Crippen LogP contribution in [0.4, 0.5) is 8.78 Å². The molecule has 0 amide bonds. The molecule has 6 rings (SSSR count). The molecule has 1 saturated heterocycles. The summed E-state index contributed by atoms with van der Waals surface area (Å²) in [5, 5.41) is 11.9. The predicted molar refractivity (Wildman–Crippen MR) is 130 cm³/mol. The Morgan fingerprint density at radius 1 is 0.833 bits per heavy atom. The lowest BCUT2D eigenvalue weighted by molar-refractivity contribution is -0.315. The van der Waals surface area contributed by atoms with Gasteiger partial charge in [0.1, 0.15) is 35.3 Å². The van der Waals surface area contributed by atoms with Crippen LogP contribution in [0.1, 0.15) is 29.5 Å². The molecule has 0 aromatic heterocycles. The van der Waals surface area contributed by atoms with Crippen LogP contribution in [0.5, 0.6) is 11.5 Å². The smallest absolute Gasteiger partial charge is 0.217 e. The van der Waals surface area contributed by atoms with Crippen LogP contribution in [0.3, 0.4) is 0 Å². The van der Waals surface area contributed by atoms with Crippen molar-refractivity contribution < 1.29 is 28.1 Å². The van der Waals surface area contributed by atoms with Gasteiger partial charge in [-0.2, -0.15) is 0 Å². The highest BCUT2D eigenvalue weighted by Gasteiger charge is 2.50. The van der Waals surface area contributed by atoms with E-state index >= 15 is 0 Å². The van der Waals surface area contributed by atoms with E-state index in [0.717, 1.165) is 16.7 Å². The van der Waals surface area contributed by atoms with Crippen molar-refractivity contribution >= 4 is 0 Å². The fourth-order valence-electron chi connectivity index (χ4n) is 5.62. The largest absolute Gasteiger partial charge is 0.487 e. The summed E-state index contributed by atoms with van der Waals surface area (Å²) < 4.78 is 46.2. The van der Waals surface area contributed by atoms with Crippen molar-refractivity contribution in [3.8, 4) is 11.5 Å². The third-order valence-corrected chi connectivity index (χ3v) is 7.38. The standard InChI is InChI=1S/C29H29F2NO4/c30-22-8-11-24-20(14-22)6-10-26(34-24)27-17-32(16-19-4-2-1-3-5-19)18-29(33,36-27)28-13-7-21-15-23(31)9-12-25(21)35-28/h1-5,8-9,11-12,14-15,26-28,33H,6-7,10,13,16-18H2/t26?,27?,28-,29?/m0/s1. The molecule has 3 heterocycles. The fourth-order valence-corrected chi connectivity index (χ4v) is 5.62. The summed E-state index contributed by atoms with van der Waals surface area (Å²) in [6, 6.07) is 19.1. The van der Waals surface area contributed by atoms with Gasteiger partial charge in [0.15, 0.2) is 6.10 Å². The van der Waals surface area contributed by atoms with Gasteiger partial charge in [0, 0.05) is 13.1 Å². The van der Waals surface area contributed by atoms with E-state index < -0.39 is 18.0 Å². The summed E-state index contributed by atoms with van der Waals surface area (Å²) in [5.41, 5.74) is 2.77. The molecule has 3 unspecified atom stereocenters. The minimum Gasteiger partial charge on any atom is -0.487 e. The average molecular weight is 494 g/mol. The molecule has 7 heteroatoms. The Balaban J connectivity index is 1.26. The van der Waals surface area contributed by atoms with Gasteiger partial charge in [0.2, 0.25) is 5.79 Å². The number of nitrogens with zero attached hydrogens (tertiary/aromatic N) is 1. The first-order chi connectivity index (χ1) is 17.4. The highest BCUT2D eigenvalue weighted by Crippen LogP contribution is 2.38. The fraction of sp³-hybridized carbons (Fsp3) is 0.379. The number of aliphatic hydroxyl groups is 1. The van der Waals surface area contributed by atoms with Crippen molar-refractivity contribution in [2.24, 2.45) is 0 Å². The van der Waals surface area contributed by atoms with E-state index in [0.29, 0.717) is 50.3 Å². The lowest BCUT2D eigenvalue weighted by atomic mass is 9.93. The molecule has 0 spiro atoms. The molecule has 5 nitrogen and oxygen atoms in total. The molecule has 36 heavy (non-hydrogen) atoms. The van der Waals surface area contributed by atoms with Crippen LogP contribution in [0, 0.1) is 11.6 Å². The number of aryl methyl sites for hydroxylation is 2. The van der Waals surface area contributed by atoms with Crippen molar-refractivity contribution in [2.45, 2.75) is 56.3 Å². The molecule has 0 aliphatic carbocycles. The summed E-state index contributed by atoms with van der Waals surface area (Å²) >= 11 is 0. The van der Waals surface area contributed by atoms with Crippen molar-refractivity contribution in [1.29, 1.82) is 0 Å². The summed E-state index contributed by atoms with van der Waals surface area (Å²) in [6.45, 7) is 1.49. The van der Waals surface area contributed by atoms with Gasteiger partial charge in [-0.05, 0) is 78.8 Å². The van der Waals surface area contributed by atoms with Crippen LogP contribution >= 0.6 is 0 Å². The number of rotatable bonds is 4. The van der Waals surface area contributed by atoms with Crippen molar-refractivity contribution in [3.63, 3.8) is 0 Å². The molecule has 0 bridgehead atoms. The topological polar surface area (TPSA) is 51.2 Å². The third-order valence-electron chi connectivity index (χ3n) is 7.38. The maximum Gasteiger partial charge on any atom is 0.217 e. The van der Waals surface area contributed by atoms with Crippen LogP contribution < -0.4 is 9.47 Å². The van der Waals surface area contributed by atoms with Gasteiger partial charge in [0.25, 0.3) is 0 Å². The number of fused-ring (bicyclic) bond motifs is 2. The molecule has 4 atom stereocenters.